The van der Waals surface area contributed by atoms with Crippen molar-refractivity contribution in [2.24, 2.45) is 5.73 Å². The van der Waals surface area contributed by atoms with E-state index in [0.717, 1.165) is 19.2 Å². The van der Waals surface area contributed by atoms with Crippen LogP contribution in [-0.2, 0) is 16.6 Å². The van der Waals surface area contributed by atoms with Gasteiger partial charge < -0.3 is 5.73 Å². The van der Waals surface area contributed by atoms with Crippen LogP contribution >= 0.6 is 0 Å². The molecule has 0 saturated heterocycles. The molecule has 0 saturated carbocycles. The summed E-state index contributed by atoms with van der Waals surface area (Å²) in [6, 6.07) is 3.05. The maximum atomic E-state index is 13.5. The molecule has 0 aliphatic rings. The second-order valence-electron chi connectivity index (χ2n) is 3.85. The highest BCUT2D eigenvalue weighted by Crippen LogP contribution is 2.23. The van der Waals surface area contributed by atoms with Gasteiger partial charge in [0.15, 0.2) is 0 Å². The molecule has 1 aromatic rings. The topological polar surface area (TPSA) is 63.4 Å². The van der Waals surface area contributed by atoms with Crippen LogP contribution in [0.4, 0.5) is 17.6 Å². The lowest BCUT2D eigenvalue weighted by molar-refractivity contribution is -0.134. The molecule has 0 bridgehead atoms. The molecule has 0 aromatic heterocycles. The van der Waals surface area contributed by atoms with E-state index in [-0.39, 0.29) is 10.8 Å². The number of hydrogen-bond acceptors (Lipinski definition) is 3. The van der Waals surface area contributed by atoms with Crippen molar-refractivity contribution in [3.8, 4) is 0 Å². The predicted octanol–water partition coefficient (Wildman–Crippen LogP) is 1.47. The number of alkyl halides is 3. The molecule has 2 N–H and O–H groups in total. The minimum absolute atomic E-state index is 0.0473. The van der Waals surface area contributed by atoms with Gasteiger partial charge in [0.25, 0.3) is 0 Å². The van der Waals surface area contributed by atoms with Gasteiger partial charge in [0.2, 0.25) is 10.0 Å². The van der Waals surface area contributed by atoms with E-state index in [1.54, 1.807) is 0 Å². The van der Waals surface area contributed by atoms with Crippen LogP contribution in [0.3, 0.4) is 0 Å². The van der Waals surface area contributed by atoms with Crippen LogP contribution in [0, 0.1) is 5.82 Å². The second-order valence-corrected chi connectivity index (χ2v) is 5.86. The largest absolute Gasteiger partial charge is 0.402 e. The average Bonchev–Trinajstić information content (AvgIpc) is 2.27. The van der Waals surface area contributed by atoms with E-state index >= 15 is 0 Å². The Hall–Kier alpha value is -1.19. The van der Waals surface area contributed by atoms with E-state index in [4.69, 9.17) is 5.73 Å². The number of benzene rings is 1. The Morgan fingerprint density at radius 1 is 1.32 bits per heavy atom. The molecule has 19 heavy (non-hydrogen) atoms. The van der Waals surface area contributed by atoms with Gasteiger partial charge in [-0.3, -0.25) is 0 Å². The third-order valence-corrected chi connectivity index (χ3v) is 4.14. The Morgan fingerprint density at radius 2 is 1.89 bits per heavy atom. The van der Waals surface area contributed by atoms with Crippen LogP contribution in [0.1, 0.15) is 5.56 Å². The summed E-state index contributed by atoms with van der Waals surface area (Å²) >= 11 is 0. The van der Waals surface area contributed by atoms with Crippen molar-refractivity contribution >= 4 is 10.0 Å². The Labute approximate surface area is 107 Å². The fourth-order valence-electron chi connectivity index (χ4n) is 1.38. The van der Waals surface area contributed by atoms with Gasteiger partial charge in [-0.2, -0.15) is 17.5 Å². The van der Waals surface area contributed by atoms with Crippen LogP contribution < -0.4 is 5.73 Å². The van der Waals surface area contributed by atoms with Gasteiger partial charge in [-0.05, 0) is 17.7 Å². The molecule has 0 amide bonds. The zero-order chi connectivity index (χ0) is 14.8. The molecule has 0 spiro atoms. The first-order chi connectivity index (χ1) is 8.58. The van der Waals surface area contributed by atoms with Crippen molar-refractivity contribution in [3.05, 3.63) is 29.6 Å². The monoisotopic (exact) mass is 300 g/mol. The molecule has 108 valence electrons. The summed E-state index contributed by atoms with van der Waals surface area (Å²) in [5, 5.41) is 0. The zero-order valence-electron chi connectivity index (χ0n) is 9.91. The molecule has 0 radical (unpaired) electrons. The number of nitrogens with zero attached hydrogens (tertiary/aromatic N) is 1. The molecular formula is C10H12F4N2O2S. The van der Waals surface area contributed by atoms with Gasteiger partial charge in [-0.25, -0.2) is 12.8 Å². The van der Waals surface area contributed by atoms with E-state index in [1.807, 2.05) is 0 Å². The van der Waals surface area contributed by atoms with Crippen molar-refractivity contribution in [2.45, 2.75) is 17.6 Å². The van der Waals surface area contributed by atoms with Crippen molar-refractivity contribution in [1.82, 2.24) is 4.31 Å². The lowest BCUT2D eigenvalue weighted by Crippen LogP contribution is -2.36. The standard InChI is InChI=1S/C10H12F4N2O2S/c1-16(6-10(12,13)14)19(17,18)9-4-7(5-15)2-3-8(9)11/h2-4H,5-6,15H2,1H3. The first-order valence-electron chi connectivity index (χ1n) is 5.09. The summed E-state index contributed by atoms with van der Waals surface area (Å²) < 4.78 is 73.7. The van der Waals surface area contributed by atoms with Crippen LogP contribution in [0.25, 0.3) is 0 Å². The minimum Gasteiger partial charge on any atom is -0.326 e. The van der Waals surface area contributed by atoms with Crippen LogP contribution in [0.15, 0.2) is 23.1 Å². The molecule has 0 fully saturated rings. The Bertz CT molecular complexity index is 557. The van der Waals surface area contributed by atoms with Crippen molar-refractivity contribution < 1.29 is 26.0 Å². The van der Waals surface area contributed by atoms with E-state index in [2.05, 4.69) is 0 Å². The number of hydrogen-bond donors (Lipinski definition) is 1. The average molecular weight is 300 g/mol. The first kappa shape index (κ1) is 15.9. The van der Waals surface area contributed by atoms with Gasteiger partial charge in [-0.15, -0.1) is 0 Å². The Morgan fingerprint density at radius 3 is 2.37 bits per heavy atom. The maximum Gasteiger partial charge on any atom is 0.402 e. The first-order valence-corrected chi connectivity index (χ1v) is 6.53. The highest BCUT2D eigenvalue weighted by molar-refractivity contribution is 7.89. The summed E-state index contributed by atoms with van der Waals surface area (Å²) in [7, 11) is -3.82. The molecule has 0 unspecified atom stereocenters. The summed E-state index contributed by atoms with van der Waals surface area (Å²) in [4.78, 5) is -0.817. The lowest BCUT2D eigenvalue weighted by Gasteiger charge is -2.19. The number of rotatable bonds is 4. The number of halogens is 4. The highest BCUT2D eigenvalue weighted by Gasteiger charge is 2.35. The number of sulfonamides is 1. The van der Waals surface area contributed by atoms with Gasteiger partial charge >= 0.3 is 6.18 Å². The SMILES string of the molecule is CN(CC(F)(F)F)S(=O)(=O)c1cc(CN)ccc1F. The molecular weight excluding hydrogens is 288 g/mol. The van der Waals surface area contributed by atoms with Crippen molar-refractivity contribution in [1.29, 1.82) is 0 Å². The van der Waals surface area contributed by atoms with E-state index in [0.29, 0.717) is 5.56 Å². The summed E-state index contributed by atoms with van der Waals surface area (Å²) in [5.74, 6) is -1.12. The van der Waals surface area contributed by atoms with E-state index in [9.17, 15) is 26.0 Å². The second kappa shape index (κ2) is 5.43. The molecule has 1 aromatic carbocycles. The van der Waals surface area contributed by atoms with E-state index < -0.39 is 33.5 Å². The minimum atomic E-state index is -4.70. The molecule has 1 rings (SSSR count). The van der Waals surface area contributed by atoms with Gasteiger partial charge in [0, 0.05) is 13.6 Å². The molecule has 9 heteroatoms. The fourth-order valence-corrected chi connectivity index (χ4v) is 2.64. The summed E-state index contributed by atoms with van der Waals surface area (Å²) in [6.07, 6.45) is -4.70. The normalized spacial score (nSPS) is 13.0. The molecule has 0 aliphatic heterocycles. The molecule has 0 heterocycles. The highest BCUT2D eigenvalue weighted by atomic mass is 32.2. The molecule has 4 nitrogen and oxygen atoms in total. The van der Waals surface area contributed by atoms with E-state index in [1.165, 1.54) is 6.07 Å². The summed E-state index contributed by atoms with van der Waals surface area (Å²) in [5.41, 5.74) is 5.58. The van der Waals surface area contributed by atoms with Crippen LogP contribution in [0.5, 0.6) is 0 Å². The van der Waals surface area contributed by atoms with Crippen molar-refractivity contribution in [2.75, 3.05) is 13.6 Å². The fraction of sp³-hybridized carbons (Fsp3) is 0.400. The Kier molecular flexibility index (Phi) is 4.54. The molecule has 0 atom stereocenters. The van der Waals surface area contributed by atoms with Gasteiger partial charge in [0.1, 0.15) is 17.3 Å². The quantitative estimate of drug-likeness (QED) is 0.856. The third-order valence-electron chi connectivity index (χ3n) is 2.32. The summed E-state index contributed by atoms with van der Waals surface area (Å²) in [6.45, 7) is -1.74. The maximum absolute atomic E-state index is 13.5. The lowest BCUT2D eigenvalue weighted by atomic mass is 10.2. The van der Waals surface area contributed by atoms with Crippen molar-refractivity contribution in [3.63, 3.8) is 0 Å². The van der Waals surface area contributed by atoms with Crippen LogP contribution in [-0.4, -0.2) is 32.5 Å². The predicted molar refractivity (Wildman–Crippen MR) is 60.2 cm³/mol. The van der Waals surface area contributed by atoms with Gasteiger partial charge in [-0.1, -0.05) is 6.07 Å². The zero-order valence-corrected chi connectivity index (χ0v) is 10.7. The Balaban J connectivity index is 3.20. The third kappa shape index (κ3) is 3.88. The molecule has 0 aliphatic carbocycles. The van der Waals surface area contributed by atoms with Crippen LogP contribution in [0.2, 0.25) is 0 Å². The smallest absolute Gasteiger partial charge is 0.326 e. The number of nitrogens with two attached hydrogens (primary N) is 1. The van der Waals surface area contributed by atoms with Gasteiger partial charge in [0.05, 0.1) is 0 Å².